The lowest BCUT2D eigenvalue weighted by atomic mass is 9.90. The minimum atomic E-state index is -1.04. The fraction of sp³-hybridized carbons (Fsp3) is 0.115. The van der Waals surface area contributed by atoms with Crippen LogP contribution in [0.25, 0.3) is 10.9 Å². The van der Waals surface area contributed by atoms with Gasteiger partial charge in [0.25, 0.3) is 5.91 Å². The van der Waals surface area contributed by atoms with Gasteiger partial charge in [0.15, 0.2) is 6.10 Å². The van der Waals surface area contributed by atoms with Gasteiger partial charge in [-0.25, -0.2) is 14.9 Å². The first kappa shape index (κ1) is 22.3. The molecule has 9 heteroatoms. The van der Waals surface area contributed by atoms with E-state index in [0.29, 0.717) is 22.0 Å². The van der Waals surface area contributed by atoms with E-state index in [-0.39, 0.29) is 10.2 Å². The van der Waals surface area contributed by atoms with Crippen molar-refractivity contribution in [2.45, 2.75) is 12.1 Å². The van der Waals surface area contributed by atoms with Crippen LogP contribution in [0.5, 0.6) is 0 Å². The number of nitrogens with zero attached hydrogens (tertiary/aromatic N) is 3. The molecule has 3 aromatic carbocycles. The number of benzene rings is 3. The van der Waals surface area contributed by atoms with E-state index in [1.807, 2.05) is 60.7 Å². The van der Waals surface area contributed by atoms with Crippen LogP contribution >= 0.6 is 34.8 Å². The van der Waals surface area contributed by atoms with Crippen molar-refractivity contribution in [3.8, 4) is 0 Å². The summed E-state index contributed by atoms with van der Waals surface area (Å²) in [5, 5.41) is 3.27. The molecule has 2 amide bonds. The van der Waals surface area contributed by atoms with E-state index in [0.717, 1.165) is 15.8 Å². The molecular weight excluding hydrogens is 509 g/mol. The van der Waals surface area contributed by atoms with Gasteiger partial charge in [-0.3, -0.25) is 14.4 Å². The summed E-state index contributed by atoms with van der Waals surface area (Å²) >= 11 is 18.9. The maximum Gasteiger partial charge on any atom is 0.266 e. The highest BCUT2D eigenvalue weighted by atomic mass is 35.5. The average molecular weight is 525 g/mol. The SMILES string of the molecule is O=C1[C@@H]2[C@@H](ON(c3ccccc3)[C@H]2c2cc3ccccc3nc2Cl)C(=O)N1c1ccc(Cl)c(Cl)c1. The van der Waals surface area contributed by atoms with Crippen molar-refractivity contribution >= 4 is 68.9 Å². The van der Waals surface area contributed by atoms with Gasteiger partial charge in [-0.2, -0.15) is 0 Å². The molecule has 3 atom stereocenters. The Kier molecular flexibility index (Phi) is 5.42. The van der Waals surface area contributed by atoms with E-state index < -0.39 is 29.9 Å². The molecule has 0 saturated carbocycles. The van der Waals surface area contributed by atoms with Crippen molar-refractivity contribution in [3.05, 3.63) is 99.6 Å². The molecule has 1 aromatic heterocycles. The number of hydroxylamine groups is 1. The Morgan fingerprint density at radius 1 is 0.771 bits per heavy atom. The van der Waals surface area contributed by atoms with E-state index in [1.165, 1.54) is 6.07 Å². The lowest BCUT2D eigenvalue weighted by molar-refractivity contribution is -0.126. The molecule has 2 aliphatic heterocycles. The molecule has 0 radical (unpaired) electrons. The second-order valence-corrected chi connectivity index (χ2v) is 9.50. The number of carbonyl (C=O) groups excluding carboxylic acids is 2. The zero-order chi connectivity index (χ0) is 24.3. The number of anilines is 2. The van der Waals surface area contributed by atoms with Gasteiger partial charge < -0.3 is 0 Å². The zero-order valence-corrected chi connectivity index (χ0v) is 20.2. The van der Waals surface area contributed by atoms with Gasteiger partial charge in [-0.05, 0) is 42.5 Å². The highest BCUT2D eigenvalue weighted by Gasteiger charge is 2.60. The number of imide groups is 1. The number of para-hydroxylation sites is 2. The quantitative estimate of drug-likeness (QED) is 0.234. The predicted octanol–water partition coefficient (Wildman–Crippen LogP) is 6.25. The molecule has 0 N–H and O–H groups in total. The number of rotatable bonds is 3. The third kappa shape index (κ3) is 3.56. The number of aromatic nitrogens is 1. The largest absolute Gasteiger partial charge is 0.273 e. The van der Waals surface area contributed by atoms with E-state index in [9.17, 15) is 9.59 Å². The third-order valence-corrected chi connectivity index (χ3v) is 7.35. The topological polar surface area (TPSA) is 62.7 Å². The standard InChI is InChI=1S/C26H16Cl3N3O3/c27-18-11-10-16(13-19(18)28)31-25(33)21-22(17-12-14-6-4-5-9-20(14)30-24(17)29)32(35-23(21)26(31)34)15-7-2-1-3-8-15/h1-13,21-23H/t21-,22-,23+/m0/s1. The molecular formula is C26H16Cl3N3O3. The van der Waals surface area contributed by atoms with Crippen molar-refractivity contribution < 1.29 is 14.4 Å². The Labute approximate surface area is 215 Å². The zero-order valence-electron chi connectivity index (χ0n) is 17.9. The van der Waals surface area contributed by atoms with E-state index in [1.54, 1.807) is 17.2 Å². The smallest absolute Gasteiger partial charge is 0.266 e. The highest BCUT2D eigenvalue weighted by molar-refractivity contribution is 6.42. The highest BCUT2D eigenvalue weighted by Crippen LogP contribution is 2.49. The van der Waals surface area contributed by atoms with Crippen LogP contribution in [0, 0.1) is 5.92 Å². The van der Waals surface area contributed by atoms with Crippen molar-refractivity contribution in [1.29, 1.82) is 0 Å². The van der Waals surface area contributed by atoms with Crippen LogP contribution in [0.1, 0.15) is 11.6 Å². The second-order valence-electron chi connectivity index (χ2n) is 8.33. The number of fused-ring (bicyclic) bond motifs is 2. The first-order valence-electron chi connectivity index (χ1n) is 10.8. The molecule has 3 heterocycles. The Morgan fingerprint density at radius 2 is 1.51 bits per heavy atom. The predicted molar refractivity (Wildman–Crippen MR) is 136 cm³/mol. The first-order valence-corrected chi connectivity index (χ1v) is 12.0. The molecule has 6 nitrogen and oxygen atoms in total. The molecule has 2 saturated heterocycles. The minimum Gasteiger partial charge on any atom is -0.273 e. The molecule has 2 fully saturated rings. The molecule has 0 spiro atoms. The van der Waals surface area contributed by atoms with Gasteiger partial charge >= 0.3 is 0 Å². The summed E-state index contributed by atoms with van der Waals surface area (Å²) in [7, 11) is 0. The minimum absolute atomic E-state index is 0.243. The fourth-order valence-electron chi connectivity index (χ4n) is 4.72. The maximum absolute atomic E-state index is 13.8. The number of hydrogen-bond acceptors (Lipinski definition) is 5. The number of amides is 2. The van der Waals surface area contributed by atoms with Crippen LogP contribution in [0.2, 0.25) is 15.2 Å². The Balaban J connectivity index is 1.49. The number of carbonyl (C=O) groups is 2. The first-order chi connectivity index (χ1) is 16.9. The Bertz CT molecular complexity index is 1500. The number of hydrogen-bond donors (Lipinski definition) is 0. The summed E-state index contributed by atoms with van der Waals surface area (Å²) in [4.78, 5) is 39.1. The lowest BCUT2D eigenvalue weighted by Gasteiger charge is -2.29. The molecule has 4 aromatic rings. The second kappa shape index (κ2) is 8.50. The van der Waals surface area contributed by atoms with Crippen molar-refractivity contribution in [1.82, 2.24) is 4.98 Å². The molecule has 6 rings (SSSR count). The van der Waals surface area contributed by atoms with Crippen molar-refractivity contribution in [3.63, 3.8) is 0 Å². The van der Waals surface area contributed by atoms with Gasteiger partial charge in [0.2, 0.25) is 5.91 Å². The summed E-state index contributed by atoms with van der Waals surface area (Å²) in [5.74, 6) is -1.74. The van der Waals surface area contributed by atoms with Crippen LogP contribution in [-0.2, 0) is 14.4 Å². The summed E-state index contributed by atoms with van der Waals surface area (Å²) in [6.45, 7) is 0. The van der Waals surface area contributed by atoms with Crippen molar-refractivity contribution in [2.24, 2.45) is 5.92 Å². The molecule has 174 valence electrons. The fourth-order valence-corrected chi connectivity index (χ4v) is 5.27. The van der Waals surface area contributed by atoms with Crippen LogP contribution in [0.4, 0.5) is 11.4 Å². The monoisotopic (exact) mass is 523 g/mol. The lowest BCUT2D eigenvalue weighted by Crippen LogP contribution is -2.37. The third-order valence-electron chi connectivity index (χ3n) is 6.31. The van der Waals surface area contributed by atoms with E-state index in [4.69, 9.17) is 39.6 Å². The molecule has 0 unspecified atom stereocenters. The van der Waals surface area contributed by atoms with E-state index >= 15 is 0 Å². The van der Waals surface area contributed by atoms with Gasteiger partial charge in [0.05, 0.1) is 33.0 Å². The molecule has 0 aliphatic carbocycles. The molecule has 35 heavy (non-hydrogen) atoms. The maximum atomic E-state index is 13.8. The summed E-state index contributed by atoms with van der Waals surface area (Å²) in [6, 6.07) is 22.7. The summed E-state index contributed by atoms with van der Waals surface area (Å²) in [6.07, 6.45) is -1.04. The van der Waals surface area contributed by atoms with Crippen LogP contribution in [0.3, 0.4) is 0 Å². The number of pyridine rings is 1. The van der Waals surface area contributed by atoms with Gasteiger partial charge in [-0.1, -0.05) is 71.2 Å². The van der Waals surface area contributed by atoms with Crippen LogP contribution < -0.4 is 9.96 Å². The van der Waals surface area contributed by atoms with Crippen LogP contribution in [0.15, 0.2) is 78.9 Å². The molecule has 2 aliphatic rings. The normalized spacial score (nSPS) is 21.7. The van der Waals surface area contributed by atoms with Gasteiger partial charge in [0.1, 0.15) is 11.1 Å². The van der Waals surface area contributed by atoms with Gasteiger partial charge in [0, 0.05) is 10.9 Å². The number of halogens is 3. The summed E-state index contributed by atoms with van der Waals surface area (Å²) in [5.41, 5.74) is 2.35. The van der Waals surface area contributed by atoms with Crippen molar-refractivity contribution in [2.75, 3.05) is 9.96 Å². The van der Waals surface area contributed by atoms with Crippen LogP contribution in [-0.4, -0.2) is 22.9 Å². The van der Waals surface area contributed by atoms with E-state index in [2.05, 4.69) is 4.98 Å². The Hall–Kier alpha value is -3.16. The van der Waals surface area contributed by atoms with Gasteiger partial charge in [-0.15, -0.1) is 0 Å². The Morgan fingerprint density at radius 3 is 2.29 bits per heavy atom. The molecule has 0 bridgehead atoms. The summed E-state index contributed by atoms with van der Waals surface area (Å²) < 4.78 is 0. The average Bonchev–Trinajstić information content (AvgIpc) is 3.37.